The highest BCUT2D eigenvalue weighted by Gasteiger charge is 2.33. The third-order valence-corrected chi connectivity index (χ3v) is 6.66. The summed E-state index contributed by atoms with van der Waals surface area (Å²) in [7, 11) is -2.92. The average molecular weight is 328 g/mol. The first-order valence-electron chi connectivity index (χ1n) is 7.22. The number of amides is 1. The fourth-order valence-electron chi connectivity index (χ4n) is 3.09. The Morgan fingerprint density at radius 2 is 2.10 bits per heavy atom. The van der Waals surface area contributed by atoms with Crippen molar-refractivity contribution in [2.24, 2.45) is 5.92 Å². The van der Waals surface area contributed by atoms with Crippen LogP contribution in [0.3, 0.4) is 0 Å². The van der Waals surface area contributed by atoms with Gasteiger partial charge in [0.1, 0.15) is 0 Å². The van der Waals surface area contributed by atoms with Gasteiger partial charge in [-0.3, -0.25) is 4.79 Å². The first-order valence-corrected chi connectivity index (χ1v) is 9.47. The largest absolute Gasteiger partial charge is 0.326 e. The summed E-state index contributed by atoms with van der Waals surface area (Å²) in [6.07, 6.45) is 2.83. The van der Waals surface area contributed by atoms with Gasteiger partial charge in [0.15, 0.2) is 9.84 Å². The maximum absolute atomic E-state index is 11.6. The Kier molecular flexibility index (Phi) is 3.97. The van der Waals surface area contributed by atoms with Crippen LogP contribution in [0.5, 0.6) is 0 Å². The quantitative estimate of drug-likeness (QED) is 0.849. The molecule has 2 unspecified atom stereocenters. The maximum Gasteiger partial charge on any atom is 0.224 e. The molecule has 0 aliphatic carbocycles. The van der Waals surface area contributed by atoms with Gasteiger partial charge in [-0.15, -0.1) is 11.6 Å². The number of carbonyl (C=O) groups excluding carboxylic acids is 1. The molecule has 1 fully saturated rings. The van der Waals surface area contributed by atoms with Crippen LogP contribution in [0.1, 0.15) is 35.8 Å². The van der Waals surface area contributed by atoms with E-state index in [4.69, 9.17) is 11.6 Å². The lowest BCUT2D eigenvalue weighted by Gasteiger charge is -2.18. The Bertz CT molecular complexity index is 671. The van der Waals surface area contributed by atoms with Gasteiger partial charge in [-0.25, -0.2) is 8.42 Å². The van der Waals surface area contributed by atoms with Gasteiger partial charge < -0.3 is 5.32 Å². The molecule has 6 heteroatoms. The second-order valence-electron chi connectivity index (χ2n) is 5.88. The van der Waals surface area contributed by atoms with Crippen molar-refractivity contribution in [2.75, 3.05) is 16.8 Å². The predicted molar refractivity (Wildman–Crippen MR) is 83.4 cm³/mol. The first kappa shape index (κ1) is 14.9. The molecule has 2 aliphatic heterocycles. The van der Waals surface area contributed by atoms with E-state index in [1.54, 1.807) is 0 Å². The lowest BCUT2D eigenvalue weighted by atomic mass is 9.95. The van der Waals surface area contributed by atoms with E-state index < -0.39 is 9.84 Å². The van der Waals surface area contributed by atoms with Gasteiger partial charge in [0.25, 0.3) is 0 Å². The summed E-state index contributed by atoms with van der Waals surface area (Å²) in [5.41, 5.74) is 2.89. The molecule has 4 nitrogen and oxygen atoms in total. The fourth-order valence-corrected chi connectivity index (χ4v) is 5.39. The summed E-state index contributed by atoms with van der Waals surface area (Å²) < 4.78 is 23.2. The van der Waals surface area contributed by atoms with E-state index in [2.05, 4.69) is 5.32 Å². The number of benzene rings is 1. The molecule has 21 heavy (non-hydrogen) atoms. The first-order chi connectivity index (χ1) is 9.94. The average Bonchev–Trinajstić information content (AvgIpc) is 2.69. The third-order valence-electron chi connectivity index (χ3n) is 4.25. The van der Waals surface area contributed by atoms with Gasteiger partial charge >= 0.3 is 0 Å². The zero-order valence-corrected chi connectivity index (χ0v) is 13.2. The highest BCUT2D eigenvalue weighted by molar-refractivity contribution is 7.91. The monoisotopic (exact) mass is 327 g/mol. The van der Waals surface area contributed by atoms with Crippen molar-refractivity contribution in [1.29, 1.82) is 0 Å². The molecule has 3 rings (SSSR count). The number of fused-ring (bicyclic) bond motifs is 1. The normalized spacial score (nSPS) is 25.8. The Labute approximate surface area is 129 Å². The number of hydrogen-bond donors (Lipinski definition) is 1. The van der Waals surface area contributed by atoms with Crippen LogP contribution in [-0.2, 0) is 21.1 Å². The molecule has 114 valence electrons. The number of anilines is 1. The smallest absolute Gasteiger partial charge is 0.224 e. The van der Waals surface area contributed by atoms with E-state index in [1.807, 2.05) is 18.2 Å². The Balaban J connectivity index is 1.83. The molecule has 0 spiro atoms. The van der Waals surface area contributed by atoms with E-state index in [1.165, 1.54) is 0 Å². The van der Waals surface area contributed by atoms with Gasteiger partial charge in [-0.2, -0.15) is 0 Å². The number of carbonyl (C=O) groups is 1. The van der Waals surface area contributed by atoms with E-state index in [0.717, 1.165) is 29.7 Å². The van der Waals surface area contributed by atoms with Crippen LogP contribution < -0.4 is 5.32 Å². The minimum Gasteiger partial charge on any atom is -0.326 e. The number of nitrogens with one attached hydrogen (secondary N) is 1. The number of aryl methyl sites for hydroxylation is 1. The zero-order valence-electron chi connectivity index (χ0n) is 11.6. The molecular formula is C15H18ClNO3S. The van der Waals surface area contributed by atoms with Crippen LogP contribution >= 0.6 is 11.6 Å². The van der Waals surface area contributed by atoms with Crippen molar-refractivity contribution >= 4 is 33.0 Å². The molecule has 2 heterocycles. The Morgan fingerprint density at radius 3 is 2.81 bits per heavy atom. The number of halogens is 1. The van der Waals surface area contributed by atoms with Crippen LogP contribution in [0.15, 0.2) is 18.2 Å². The second-order valence-corrected chi connectivity index (χ2v) is 8.58. The standard InChI is InChI=1S/C15H18ClNO3S/c16-15(12-6-7-21(19,20)9-12)11-4-5-13-10(8-11)2-1-3-14(18)17-13/h4-5,8,12,15H,1-3,6-7,9H2,(H,17,18). The van der Waals surface area contributed by atoms with Gasteiger partial charge in [-0.1, -0.05) is 12.1 Å². The molecule has 0 aromatic heterocycles. The maximum atomic E-state index is 11.6. The van der Waals surface area contributed by atoms with E-state index >= 15 is 0 Å². The molecule has 0 bridgehead atoms. The zero-order chi connectivity index (χ0) is 15.0. The molecule has 1 aromatic carbocycles. The summed E-state index contributed by atoms with van der Waals surface area (Å²) in [6, 6.07) is 5.79. The van der Waals surface area contributed by atoms with E-state index in [0.29, 0.717) is 12.8 Å². The number of hydrogen-bond acceptors (Lipinski definition) is 3. The third kappa shape index (κ3) is 3.24. The molecule has 1 N–H and O–H groups in total. The Morgan fingerprint density at radius 1 is 1.29 bits per heavy atom. The molecule has 0 radical (unpaired) electrons. The number of alkyl halides is 1. The molecule has 0 saturated carbocycles. The van der Waals surface area contributed by atoms with Crippen molar-refractivity contribution in [3.63, 3.8) is 0 Å². The highest BCUT2D eigenvalue weighted by Crippen LogP contribution is 2.38. The van der Waals surface area contributed by atoms with Crippen molar-refractivity contribution < 1.29 is 13.2 Å². The second kappa shape index (κ2) is 5.61. The van der Waals surface area contributed by atoms with Crippen molar-refractivity contribution in [3.8, 4) is 0 Å². The van der Waals surface area contributed by atoms with E-state index in [9.17, 15) is 13.2 Å². The van der Waals surface area contributed by atoms with Crippen molar-refractivity contribution in [2.45, 2.75) is 31.1 Å². The molecule has 2 aliphatic rings. The van der Waals surface area contributed by atoms with Crippen LogP contribution in [0.4, 0.5) is 5.69 Å². The Hall–Kier alpha value is -1.07. The minimum absolute atomic E-state index is 0.0184. The van der Waals surface area contributed by atoms with Crippen LogP contribution in [-0.4, -0.2) is 25.8 Å². The van der Waals surface area contributed by atoms with E-state index in [-0.39, 0.29) is 28.7 Å². The summed E-state index contributed by atoms with van der Waals surface area (Å²) >= 11 is 6.50. The molecule has 1 saturated heterocycles. The van der Waals surface area contributed by atoms with Gasteiger partial charge in [0.2, 0.25) is 5.91 Å². The van der Waals surface area contributed by atoms with Gasteiger partial charge in [0.05, 0.1) is 16.9 Å². The van der Waals surface area contributed by atoms with Crippen LogP contribution in [0.25, 0.3) is 0 Å². The summed E-state index contributed by atoms with van der Waals surface area (Å²) in [5.74, 6) is 0.442. The van der Waals surface area contributed by atoms with Crippen LogP contribution in [0.2, 0.25) is 0 Å². The molecular weight excluding hydrogens is 310 g/mol. The van der Waals surface area contributed by atoms with Gasteiger partial charge in [-0.05, 0) is 42.4 Å². The molecule has 1 amide bonds. The van der Waals surface area contributed by atoms with Gasteiger partial charge in [0, 0.05) is 12.1 Å². The SMILES string of the molecule is O=C1CCCc2cc(C(Cl)C3CCS(=O)(=O)C3)ccc2N1. The minimum atomic E-state index is -2.92. The number of sulfone groups is 1. The highest BCUT2D eigenvalue weighted by atomic mass is 35.5. The molecule has 2 atom stereocenters. The fraction of sp³-hybridized carbons (Fsp3) is 0.533. The molecule has 1 aromatic rings. The summed E-state index contributed by atoms with van der Waals surface area (Å²) in [5, 5.41) is 2.61. The predicted octanol–water partition coefficient (Wildman–Crippen LogP) is 2.68. The lowest BCUT2D eigenvalue weighted by Crippen LogP contribution is -2.12. The van der Waals surface area contributed by atoms with Crippen molar-refractivity contribution in [1.82, 2.24) is 0 Å². The van der Waals surface area contributed by atoms with Crippen molar-refractivity contribution in [3.05, 3.63) is 29.3 Å². The summed E-state index contributed by atoms with van der Waals surface area (Å²) in [4.78, 5) is 11.5. The lowest BCUT2D eigenvalue weighted by molar-refractivity contribution is -0.116. The topological polar surface area (TPSA) is 63.2 Å². The number of rotatable bonds is 2. The summed E-state index contributed by atoms with van der Waals surface area (Å²) in [6.45, 7) is 0. The van der Waals surface area contributed by atoms with Crippen LogP contribution in [0, 0.1) is 5.92 Å².